The molecule has 13 heavy (non-hydrogen) atoms. The Morgan fingerprint density at radius 3 is 3.00 bits per heavy atom. The van der Waals surface area contributed by atoms with Crippen molar-refractivity contribution in [3.05, 3.63) is 18.2 Å². The second kappa shape index (κ2) is 3.14. The highest BCUT2D eigenvalue weighted by molar-refractivity contribution is 5.03. The number of nitrogens with zero attached hydrogens (tertiary/aromatic N) is 2. The topological polar surface area (TPSA) is 29.9 Å². The van der Waals surface area contributed by atoms with Gasteiger partial charge in [-0.3, -0.25) is 0 Å². The maximum Gasteiger partial charge on any atom is 0.0948 e. The molecule has 72 valence electrons. The van der Waals surface area contributed by atoms with Gasteiger partial charge in [0.1, 0.15) is 0 Å². The van der Waals surface area contributed by atoms with Crippen LogP contribution in [0.1, 0.15) is 32.4 Å². The van der Waals surface area contributed by atoms with Crippen molar-refractivity contribution in [1.29, 1.82) is 0 Å². The number of hydrogen-bond acceptors (Lipinski definition) is 2. The maximum absolute atomic E-state index is 4.14. The van der Waals surface area contributed by atoms with Crippen molar-refractivity contribution in [2.75, 3.05) is 0 Å². The van der Waals surface area contributed by atoms with Gasteiger partial charge in [-0.1, -0.05) is 0 Å². The molecule has 1 saturated carbocycles. The van der Waals surface area contributed by atoms with Crippen LogP contribution in [0.25, 0.3) is 0 Å². The average molecular weight is 179 g/mol. The average Bonchev–Trinajstić information content (AvgIpc) is 2.69. The minimum atomic E-state index is 0.419. The molecule has 1 aromatic rings. The highest BCUT2D eigenvalue weighted by Gasteiger charge is 2.36. The van der Waals surface area contributed by atoms with Crippen molar-refractivity contribution >= 4 is 0 Å². The molecular formula is C10H17N3. The number of hydrogen-bond donors (Lipinski definition) is 1. The fourth-order valence-electron chi connectivity index (χ4n) is 1.45. The number of aromatic nitrogens is 2. The quantitative estimate of drug-likeness (QED) is 0.760. The van der Waals surface area contributed by atoms with Crippen LogP contribution < -0.4 is 5.32 Å². The second-order valence-corrected chi connectivity index (χ2v) is 4.09. The van der Waals surface area contributed by atoms with Gasteiger partial charge in [-0.05, 0) is 26.7 Å². The molecule has 0 bridgehead atoms. The Morgan fingerprint density at radius 1 is 1.62 bits per heavy atom. The number of rotatable bonds is 4. The third-order valence-corrected chi connectivity index (χ3v) is 2.84. The van der Waals surface area contributed by atoms with E-state index in [1.165, 1.54) is 18.5 Å². The fraction of sp³-hybridized carbons (Fsp3) is 0.700. The van der Waals surface area contributed by atoms with E-state index in [1.807, 2.05) is 12.5 Å². The fourth-order valence-corrected chi connectivity index (χ4v) is 1.45. The Morgan fingerprint density at radius 2 is 2.38 bits per heavy atom. The van der Waals surface area contributed by atoms with E-state index in [4.69, 9.17) is 0 Å². The lowest BCUT2D eigenvalue weighted by Gasteiger charge is -2.11. The summed E-state index contributed by atoms with van der Waals surface area (Å²) in [4.78, 5) is 4.14. The molecule has 3 heteroatoms. The summed E-state index contributed by atoms with van der Waals surface area (Å²) in [5, 5.41) is 3.55. The zero-order valence-electron chi connectivity index (χ0n) is 8.38. The van der Waals surface area contributed by atoms with Gasteiger partial charge >= 0.3 is 0 Å². The molecule has 0 aromatic carbocycles. The SMILES string of the molecule is CCn1cncc1CNC1(C)CC1. The molecule has 0 atom stereocenters. The van der Waals surface area contributed by atoms with Crippen molar-refractivity contribution in [1.82, 2.24) is 14.9 Å². The highest BCUT2D eigenvalue weighted by Crippen LogP contribution is 2.34. The molecule has 0 unspecified atom stereocenters. The molecule has 1 aliphatic rings. The molecule has 3 nitrogen and oxygen atoms in total. The van der Waals surface area contributed by atoms with Gasteiger partial charge in [0.2, 0.25) is 0 Å². The van der Waals surface area contributed by atoms with Crippen molar-refractivity contribution in [2.24, 2.45) is 0 Å². The maximum atomic E-state index is 4.14. The first kappa shape index (κ1) is 8.75. The van der Waals surface area contributed by atoms with Gasteiger partial charge in [0.05, 0.1) is 12.0 Å². The van der Waals surface area contributed by atoms with Crippen LogP contribution in [-0.4, -0.2) is 15.1 Å². The standard InChI is InChI=1S/C10H17N3/c1-3-13-8-11-6-9(13)7-12-10(2)4-5-10/h6,8,12H,3-5,7H2,1-2H3. The molecule has 0 amide bonds. The van der Waals surface area contributed by atoms with Crippen molar-refractivity contribution in [3.8, 4) is 0 Å². The van der Waals surface area contributed by atoms with Crippen LogP contribution in [0.5, 0.6) is 0 Å². The number of nitrogens with one attached hydrogen (secondary N) is 1. The zero-order chi connectivity index (χ0) is 9.31. The molecule has 1 aromatic heterocycles. The largest absolute Gasteiger partial charge is 0.334 e. The van der Waals surface area contributed by atoms with E-state index in [0.717, 1.165) is 13.1 Å². The summed E-state index contributed by atoms with van der Waals surface area (Å²) >= 11 is 0. The van der Waals surface area contributed by atoms with Gasteiger partial charge in [-0.15, -0.1) is 0 Å². The van der Waals surface area contributed by atoms with Crippen LogP contribution in [0.15, 0.2) is 12.5 Å². The van der Waals surface area contributed by atoms with Crippen LogP contribution in [0.3, 0.4) is 0 Å². The third-order valence-electron chi connectivity index (χ3n) is 2.84. The van der Waals surface area contributed by atoms with Crippen molar-refractivity contribution < 1.29 is 0 Å². The molecule has 0 spiro atoms. The molecule has 1 aliphatic carbocycles. The Bertz CT molecular complexity index is 286. The summed E-state index contributed by atoms with van der Waals surface area (Å²) in [6.45, 7) is 6.38. The first-order valence-electron chi connectivity index (χ1n) is 4.97. The van der Waals surface area contributed by atoms with E-state index in [-0.39, 0.29) is 0 Å². The lowest BCUT2D eigenvalue weighted by atomic mass is 10.3. The molecule has 1 N–H and O–H groups in total. The lowest BCUT2D eigenvalue weighted by Crippen LogP contribution is -2.27. The normalized spacial score (nSPS) is 18.9. The Balaban J connectivity index is 1.93. The van der Waals surface area contributed by atoms with Crippen LogP contribution in [-0.2, 0) is 13.1 Å². The van der Waals surface area contributed by atoms with E-state index in [1.54, 1.807) is 0 Å². The van der Waals surface area contributed by atoms with Gasteiger partial charge < -0.3 is 9.88 Å². The molecule has 1 fully saturated rings. The molecule has 1 heterocycles. The van der Waals surface area contributed by atoms with Crippen LogP contribution in [0.4, 0.5) is 0 Å². The summed E-state index contributed by atoms with van der Waals surface area (Å²) in [6, 6.07) is 0. The predicted octanol–water partition coefficient (Wildman–Crippen LogP) is 1.55. The van der Waals surface area contributed by atoms with Crippen molar-refractivity contribution in [3.63, 3.8) is 0 Å². The smallest absolute Gasteiger partial charge is 0.0948 e. The monoisotopic (exact) mass is 179 g/mol. The molecule has 0 radical (unpaired) electrons. The predicted molar refractivity (Wildman–Crippen MR) is 52.4 cm³/mol. The van der Waals surface area contributed by atoms with E-state index in [9.17, 15) is 0 Å². The van der Waals surface area contributed by atoms with Gasteiger partial charge in [-0.2, -0.15) is 0 Å². The van der Waals surface area contributed by atoms with Crippen LogP contribution in [0, 0.1) is 0 Å². The van der Waals surface area contributed by atoms with Gasteiger partial charge in [0, 0.05) is 24.8 Å². The van der Waals surface area contributed by atoms with Gasteiger partial charge in [0.25, 0.3) is 0 Å². The summed E-state index contributed by atoms with van der Waals surface area (Å²) in [7, 11) is 0. The molecule has 0 saturated heterocycles. The van der Waals surface area contributed by atoms with Gasteiger partial charge in [-0.25, -0.2) is 4.98 Å². The Kier molecular flexibility index (Phi) is 2.12. The summed E-state index contributed by atoms with van der Waals surface area (Å²) < 4.78 is 2.18. The minimum absolute atomic E-state index is 0.419. The second-order valence-electron chi connectivity index (χ2n) is 4.09. The van der Waals surface area contributed by atoms with E-state index < -0.39 is 0 Å². The number of aryl methyl sites for hydroxylation is 1. The van der Waals surface area contributed by atoms with Crippen LogP contribution in [0.2, 0.25) is 0 Å². The third kappa shape index (κ3) is 1.91. The summed E-state index contributed by atoms with van der Waals surface area (Å²) in [5.41, 5.74) is 1.71. The zero-order valence-corrected chi connectivity index (χ0v) is 8.38. The minimum Gasteiger partial charge on any atom is -0.334 e. The van der Waals surface area contributed by atoms with E-state index >= 15 is 0 Å². The van der Waals surface area contributed by atoms with E-state index in [2.05, 4.69) is 28.7 Å². The van der Waals surface area contributed by atoms with Crippen molar-refractivity contribution in [2.45, 2.75) is 45.3 Å². The first-order chi connectivity index (χ1) is 6.23. The van der Waals surface area contributed by atoms with Crippen LogP contribution >= 0.6 is 0 Å². The summed E-state index contributed by atoms with van der Waals surface area (Å²) in [6.07, 6.45) is 6.47. The highest BCUT2D eigenvalue weighted by atomic mass is 15.1. The molecular weight excluding hydrogens is 162 g/mol. The lowest BCUT2D eigenvalue weighted by molar-refractivity contribution is 0.519. The molecule has 0 aliphatic heterocycles. The van der Waals surface area contributed by atoms with Gasteiger partial charge in [0.15, 0.2) is 0 Å². The Hall–Kier alpha value is -0.830. The Labute approximate surface area is 79.2 Å². The summed E-state index contributed by atoms with van der Waals surface area (Å²) in [5.74, 6) is 0. The number of imidazole rings is 1. The molecule has 2 rings (SSSR count). The first-order valence-corrected chi connectivity index (χ1v) is 4.97. The van der Waals surface area contributed by atoms with E-state index in [0.29, 0.717) is 5.54 Å².